The van der Waals surface area contributed by atoms with Crippen molar-refractivity contribution in [2.24, 2.45) is 0 Å². The lowest BCUT2D eigenvalue weighted by atomic mass is 9.98. The smallest absolute Gasteiger partial charge is 0.309 e. The monoisotopic (exact) mass is 370 g/mol. The van der Waals surface area contributed by atoms with Crippen molar-refractivity contribution in [3.8, 4) is 0 Å². The van der Waals surface area contributed by atoms with E-state index in [0.717, 1.165) is 32.4 Å². The third-order valence-corrected chi connectivity index (χ3v) is 6.20. The summed E-state index contributed by atoms with van der Waals surface area (Å²) in [6, 6.07) is 13.1. The Balaban J connectivity index is 1.43. The Labute approximate surface area is 157 Å². The lowest BCUT2D eigenvalue weighted by Crippen LogP contribution is -3.12. The van der Waals surface area contributed by atoms with Crippen LogP contribution in [0.2, 0.25) is 0 Å². The van der Waals surface area contributed by atoms with E-state index >= 15 is 0 Å². The van der Waals surface area contributed by atoms with Gasteiger partial charge in [-0.2, -0.15) is 0 Å². The lowest BCUT2D eigenvalue weighted by molar-refractivity contribution is -0.945. The van der Waals surface area contributed by atoms with Gasteiger partial charge in [-0.1, -0.05) is 30.3 Å². The number of rotatable bonds is 5. The molecule has 0 radical (unpaired) electrons. The Kier molecular flexibility index (Phi) is 5.04. The molecule has 3 N–H and O–H groups in total. The molecular weight excluding hydrogens is 346 g/mol. The average molecular weight is 370 g/mol. The third-order valence-electron chi connectivity index (χ3n) is 5.22. The van der Waals surface area contributed by atoms with Crippen molar-refractivity contribution in [1.29, 1.82) is 0 Å². The van der Waals surface area contributed by atoms with Crippen molar-refractivity contribution < 1.29 is 14.5 Å². The van der Waals surface area contributed by atoms with Crippen molar-refractivity contribution >= 4 is 23.2 Å². The van der Waals surface area contributed by atoms with Crippen LogP contribution in [0.25, 0.3) is 0 Å². The van der Waals surface area contributed by atoms with Gasteiger partial charge < -0.3 is 15.5 Å². The minimum Gasteiger partial charge on any atom is -0.345 e. The van der Waals surface area contributed by atoms with Gasteiger partial charge in [0.2, 0.25) is 0 Å². The predicted molar refractivity (Wildman–Crippen MR) is 101 cm³/mol. The van der Waals surface area contributed by atoms with E-state index in [9.17, 15) is 9.59 Å². The van der Waals surface area contributed by atoms with Crippen molar-refractivity contribution in [2.75, 3.05) is 13.1 Å². The summed E-state index contributed by atoms with van der Waals surface area (Å²) in [6.45, 7) is 2.46. The SMILES string of the molecule is O=C(NC[C@@H](c1cccs1)[NH+]1CCc2ccccc2C1)C(=O)NC1CC1. The Morgan fingerprint density at radius 1 is 1.12 bits per heavy atom. The van der Waals surface area contributed by atoms with Gasteiger partial charge in [-0.15, -0.1) is 11.3 Å². The minimum absolute atomic E-state index is 0.168. The first kappa shape index (κ1) is 17.2. The number of carbonyl (C=O) groups excluding carboxylic acids is 2. The summed E-state index contributed by atoms with van der Waals surface area (Å²) in [5.41, 5.74) is 2.81. The molecule has 2 aromatic rings. The molecule has 0 bridgehead atoms. The standard InChI is InChI=1S/C20H23N3O2S/c24-19(20(25)22-16-7-8-16)21-12-17(18-6-3-11-26-18)23-10-9-14-4-1-2-5-15(14)13-23/h1-6,11,16-17H,7-10,12-13H2,(H,21,24)(H,22,25)/p+1/t17-/m0/s1. The van der Waals surface area contributed by atoms with E-state index in [-0.39, 0.29) is 12.1 Å². The number of benzene rings is 1. The van der Waals surface area contributed by atoms with Crippen LogP contribution in [0.15, 0.2) is 41.8 Å². The topological polar surface area (TPSA) is 62.6 Å². The van der Waals surface area contributed by atoms with Crippen molar-refractivity contribution in [3.63, 3.8) is 0 Å². The number of amides is 2. The van der Waals surface area contributed by atoms with Gasteiger partial charge in [-0.3, -0.25) is 9.59 Å². The minimum atomic E-state index is -0.518. The van der Waals surface area contributed by atoms with Gasteiger partial charge >= 0.3 is 11.8 Å². The predicted octanol–water partition coefficient (Wildman–Crippen LogP) is 0.825. The van der Waals surface area contributed by atoms with Gasteiger partial charge in [-0.25, -0.2) is 0 Å². The summed E-state index contributed by atoms with van der Waals surface area (Å²) in [5.74, 6) is -1.02. The summed E-state index contributed by atoms with van der Waals surface area (Å²) >= 11 is 1.71. The highest BCUT2D eigenvalue weighted by atomic mass is 32.1. The average Bonchev–Trinajstić information content (AvgIpc) is 3.31. The van der Waals surface area contributed by atoms with Gasteiger partial charge in [0.15, 0.2) is 0 Å². The molecule has 1 fully saturated rings. The number of fused-ring (bicyclic) bond motifs is 1. The van der Waals surface area contributed by atoms with Gasteiger partial charge in [0, 0.05) is 18.0 Å². The van der Waals surface area contributed by atoms with Crippen LogP contribution in [-0.4, -0.2) is 30.9 Å². The molecule has 1 aromatic heterocycles. The Morgan fingerprint density at radius 3 is 2.65 bits per heavy atom. The molecule has 1 aliphatic carbocycles. The van der Waals surface area contributed by atoms with Crippen LogP contribution in [-0.2, 0) is 22.6 Å². The highest BCUT2D eigenvalue weighted by molar-refractivity contribution is 7.10. The second-order valence-corrected chi connectivity index (χ2v) is 8.11. The highest BCUT2D eigenvalue weighted by Gasteiger charge is 2.31. The zero-order valence-corrected chi connectivity index (χ0v) is 15.5. The normalized spacial score (nSPS) is 20.1. The fourth-order valence-electron chi connectivity index (χ4n) is 3.59. The molecule has 4 rings (SSSR count). The van der Waals surface area contributed by atoms with E-state index in [2.05, 4.69) is 46.3 Å². The van der Waals surface area contributed by atoms with Gasteiger partial charge in [0.05, 0.1) is 18.0 Å². The van der Waals surface area contributed by atoms with E-state index < -0.39 is 11.8 Å². The van der Waals surface area contributed by atoms with Crippen LogP contribution in [0.1, 0.15) is 34.9 Å². The number of thiophene rings is 1. The van der Waals surface area contributed by atoms with E-state index in [1.54, 1.807) is 11.3 Å². The fourth-order valence-corrected chi connectivity index (χ4v) is 4.47. The fraction of sp³-hybridized carbons (Fsp3) is 0.400. The molecule has 0 spiro atoms. The van der Waals surface area contributed by atoms with Crippen LogP contribution < -0.4 is 15.5 Å². The molecule has 26 heavy (non-hydrogen) atoms. The Bertz CT molecular complexity index is 786. The molecule has 1 saturated carbocycles. The molecule has 5 nitrogen and oxygen atoms in total. The molecule has 1 unspecified atom stereocenters. The molecular formula is C20H24N3O2S+. The summed E-state index contributed by atoms with van der Waals surface area (Å²) in [4.78, 5) is 26.7. The first-order valence-electron chi connectivity index (χ1n) is 9.24. The number of hydrogen-bond donors (Lipinski definition) is 3. The van der Waals surface area contributed by atoms with E-state index in [1.807, 2.05) is 6.07 Å². The number of quaternary nitrogens is 1. The van der Waals surface area contributed by atoms with Gasteiger partial charge in [-0.05, 0) is 29.9 Å². The number of nitrogens with one attached hydrogen (secondary N) is 3. The van der Waals surface area contributed by atoms with Crippen LogP contribution in [0.4, 0.5) is 0 Å². The van der Waals surface area contributed by atoms with E-state index in [0.29, 0.717) is 6.54 Å². The Morgan fingerprint density at radius 2 is 1.92 bits per heavy atom. The van der Waals surface area contributed by atoms with Gasteiger partial charge in [0.1, 0.15) is 12.6 Å². The zero-order valence-electron chi connectivity index (χ0n) is 14.7. The third kappa shape index (κ3) is 3.97. The molecule has 2 amide bonds. The first-order valence-corrected chi connectivity index (χ1v) is 10.1. The molecule has 1 aliphatic heterocycles. The molecule has 1 aromatic carbocycles. The molecule has 0 saturated heterocycles. The summed E-state index contributed by atoms with van der Waals surface area (Å²) in [6.07, 6.45) is 3.01. The van der Waals surface area contributed by atoms with Crippen LogP contribution >= 0.6 is 11.3 Å². The molecule has 2 heterocycles. The van der Waals surface area contributed by atoms with Crippen LogP contribution in [0, 0.1) is 0 Å². The van der Waals surface area contributed by atoms with E-state index in [1.165, 1.54) is 20.9 Å². The molecule has 2 atom stereocenters. The number of hydrogen-bond acceptors (Lipinski definition) is 3. The maximum absolute atomic E-state index is 12.1. The lowest BCUT2D eigenvalue weighted by Gasteiger charge is -2.32. The Hall–Kier alpha value is -2.18. The summed E-state index contributed by atoms with van der Waals surface area (Å²) in [7, 11) is 0. The quantitative estimate of drug-likeness (QED) is 0.683. The van der Waals surface area contributed by atoms with Crippen LogP contribution in [0.3, 0.4) is 0 Å². The first-order chi connectivity index (χ1) is 12.7. The maximum atomic E-state index is 12.1. The van der Waals surface area contributed by atoms with Crippen molar-refractivity contribution in [2.45, 2.75) is 37.9 Å². The second-order valence-electron chi connectivity index (χ2n) is 7.13. The van der Waals surface area contributed by atoms with Crippen molar-refractivity contribution in [1.82, 2.24) is 10.6 Å². The zero-order chi connectivity index (χ0) is 17.9. The van der Waals surface area contributed by atoms with Crippen molar-refractivity contribution in [3.05, 3.63) is 57.8 Å². The summed E-state index contributed by atoms with van der Waals surface area (Å²) in [5, 5.41) is 7.68. The highest BCUT2D eigenvalue weighted by Crippen LogP contribution is 2.19. The maximum Gasteiger partial charge on any atom is 0.309 e. The van der Waals surface area contributed by atoms with Crippen LogP contribution in [0.5, 0.6) is 0 Å². The number of carbonyl (C=O) groups is 2. The largest absolute Gasteiger partial charge is 0.345 e. The molecule has 6 heteroatoms. The van der Waals surface area contributed by atoms with Gasteiger partial charge in [0.25, 0.3) is 0 Å². The molecule has 2 aliphatic rings. The van der Waals surface area contributed by atoms with E-state index in [4.69, 9.17) is 0 Å². The second kappa shape index (κ2) is 7.60. The summed E-state index contributed by atoms with van der Waals surface area (Å²) < 4.78 is 0. The molecule has 136 valence electrons.